The van der Waals surface area contributed by atoms with E-state index in [-0.39, 0.29) is 17.9 Å². The normalized spacial score (nSPS) is 11.0. The SMILES string of the molecule is CCOC(=O)Nc1ccc(/C(C)=N/O)c(C)c1C(=O)OC. The van der Waals surface area contributed by atoms with Crippen LogP contribution in [0.15, 0.2) is 17.3 Å². The molecule has 0 saturated heterocycles. The minimum absolute atomic E-state index is 0.186. The molecule has 114 valence electrons. The van der Waals surface area contributed by atoms with Crippen molar-refractivity contribution in [3.63, 3.8) is 0 Å². The van der Waals surface area contributed by atoms with Crippen molar-refractivity contribution in [2.45, 2.75) is 20.8 Å². The van der Waals surface area contributed by atoms with Gasteiger partial charge in [0.15, 0.2) is 0 Å². The minimum atomic E-state index is -0.664. The number of carbonyl (C=O) groups is 2. The molecule has 1 rings (SSSR count). The molecule has 1 aromatic rings. The molecule has 2 N–H and O–H groups in total. The van der Waals surface area contributed by atoms with Gasteiger partial charge in [-0.15, -0.1) is 0 Å². The molecule has 21 heavy (non-hydrogen) atoms. The predicted octanol–water partition coefficient (Wildman–Crippen LogP) is 2.55. The van der Waals surface area contributed by atoms with Crippen LogP contribution in [0.2, 0.25) is 0 Å². The topological polar surface area (TPSA) is 97.2 Å². The number of benzene rings is 1. The van der Waals surface area contributed by atoms with Gasteiger partial charge in [-0.2, -0.15) is 0 Å². The standard InChI is InChI=1S/C14H18N2O5/c1-5-21-14(18)15-11-7-6-10(9(3)16-19)8(2)12(11)13(17)20-4/h6-7,19H,5H2,1-4H3,(H,15,18)/b16-9+. The van der Waals surface area contributed by atoms with Crippen molar-refractivity contribution < 1.29 is 24.3 Å². The molecule has 7 nitrogen and oxygen atoms in total. The monoisotopic (exact) mass is 294 g/mol. The van der Waals surface area contributed by atoms with E-state index in [0.29, 0.717) is 16.8 Å². The van der Waals surface area contributed by atoms with E-state index in [2.05, 4.69) is 10.5 Å². The molecule has 0 unspecified atom stereocenters. The number of nitrogens with zero attached hydrogens (tertiary/aromatic N) is 1. The molecule has 0 atom stereocenters. The van der Waals surface area contributed by atoms with Gasteiger partial charge in [-0.25, -0.2) is 9.59 Å². The fourth-order valence-corrected chi connectivity index (χ4v) is 1.90. The number of hydrogen-bond donors (Lipinski definition) is 2. The number of carbonyl (C=O) groups excluding carboxylic acids is 2. The first-order chi connectivity index (χ1) is 9.96. The van der Waals surface area contributed by atoms with Crippen LogP contribution in [0.25, 0.3) is 0 Å². The highest BCUT2D eigenvalue weighted by molar-refractivity contribution is 6.07. The van der Waals surface area contributed by atoms with Gasteiger partial charge in [0, 0.05) is 5.56 Å². The van der Waals surface area contributed by atoms with Crippen LogP contribution < -0.4 is 5.32 Å². The van der Waals surface area contributed by atoms with E-state index in [1.54, 1.807) is 26.8 Å². The molecule has 0 bridgehead atoms. The van der Waals surface area contributed by atoms with Gasteiger partial charge in [0.05, 0.1) is 30.7 Å². The van der Waals surface area contributed by atoms with Crippen LogP contribution >= 0.6 is 0 Å². The molecule has 0 aliphatic rings. The third kappa shape index (κ3) is 3.71. The summed E-state index contributed by atoms with van der Waals surface area (Å²) in [4.78, 5) is 23.5. The average Bonchev–Trinajstić information content (AvgIpc) is 2.46. The summed E-state index contributed by atoms with van der Waals surface area (Å²) in [7, 11) is 1.25. The van der Waals surface area contributed by atoms with Crippen molar-refractivity contribution >= 4 is 23.5 Å². The molecule has 1 aromatic carbocycles. The summed E-state index contributed by atoms with van der Waals surface area (Å²) < 4.78 is 9.52. The van der Waals surface area contributed by atoms with Crippen LogP contribution in [0.4, 0.5) is 10.5 Å². The molecule has 0 radical (unpaired) electrons. The highest BCUT2D eigenvalue weighted by Gasteiger charge is 2.20. The minimum Gasteiger partial charge on any atom is -0.465 e. The average molecular weight is 294 g/mol. The summed E-state index contributed by atoms with van der Waals surface area (Å²) in [5.41, 5.74) is 1.91. The summed E-state index contributed by atoms with van der Waals surface area (Å²) in [6.07, 6.45) is -0.664. The third-order valence-corrected chi connectivity index (χ3v) is 2.91. The van der Waals surface area contributed by atoms with Crippen LogP contribution in [0, 0.1) is 6.92 Å². The maximum atomic E-state index is 11.9. The molecular formula is C14H18N2O5. The maximum absolute atomic E-state index is 11.9. The van der Waals surface area contributed by atoms with Crippen molar-refractivity contribution in [1.29, 1.82) is 0 Å². The van der Waals surface area contributed by atoms with E-state index < -0.39 is 12.1 Å². The van der Waals surface area contributed by atoms with Crippen LogP contribution in [-0.4, -0.2) is 36.7 Å². The number of anilines is 1. The van der Waals surface area contributed by atoms with E-state index >= 15 is 0 Å². The molecule has 7 heteroatoms. The molecular weight excluding hydrogens is 276 g/mol. The molecule has 1 amide bonds. The summed E-state index contributed by atoms with van der Waals surface area (Å²) >= 11 is 0. The van der Waals surface area contributed by atoms with Gasteiger partial charge < -0.3 is 14.7 Å². The number of oxime groups is 1. The highest BCUT2D eigenvalue weighted by Crippen LogP contribution is 2.25. The summed E-state index contributed by atoms with van der Waals surface area (Å²) in [6.45, 7) is 5.16. The smallest absolute Gasteiger partial charge is 0.411 e. The number of nitrogens with one attached hydrogen (secondary N) is 1. The fourth-order valence-electron chi connectivity index (χ4n) is 1.90. The summed E-state index contributed by atoms with van der Waals surface area (Å²) in [5.74, 6) is -0.605. The van der Waals surface area contributed by atoms with Crippen molar-refractivity contribution in [1.82, 2.24) is 0 Å². The van der Waals surface area contributed by atoms with Gasteiger partial charge in [-0.1, -0.05) is 11.2 Å². The molecule has 0 aliphatic carbocycles. The van der Waals surface area contributed by atoms with E-state index in [1.165, 1.54) is 13.2 Å². The second kappa shape index (κ2) is 7.28. The lowest BCUT2D eigenvalue weighted by molar-refractivity contribution is 0.0601. The Bertz CT molecular complexity index is 581. The number of rotatable bonds is 4. The Kier molecular flexibility index (Phi) is 5.71. The van der Waals surface area contributed by atoms with Crippen molar-refractivity contribution in [2.24, 2.45) is 5.16 Å². The summed E-state index contributed by atoms with van der Waals surface area (Å²) in [6, 6.07) is 3.17. The Morgan fingerprint density at radius 2 is 2.05 bits per heavy atom. The quantitative estimate of drug-likeness (QED) is 0.385. The Morgan fingerprint density at radius 3 is 2.57 bits per heavy atom. The van der Waals surface area contributed by atoms with E-state index in [4.69, 9.17) is 14.7 Å². The van der Waals surface area contributed by atoms with Crippen molar-refractivity contribution in [2.75, 3.05) is 19.0 Å². The number of hydrogen-bond acceptors (Lipinski definition) is 6. The predicted molar refractivity (Wildman–Crippen MR) is 77.2 cm³/mol. The van der Waals surface area contributed by atoms with Gasteiger partial charge in [0.1, 0.15) is 0 Å². The Labute approximate surface area is 122 Å². The largest absolute Gasteiger partial charge is 0.465 e. The van der Waals surface area contributed by atoms with Gasteiger partial charge >= 0.3 is 12.1 Å². The molecule has 0 aliphatic heterocycles. The Hall–Kier alpha value is -2.57. The van der Waals surface area contributed by atoms with Crippen LogP contribution in [-0.2, 0) is 9.47 Å². The first kappa shape index (κ1) is 16.5. The van der Waals surface area contributed by atoms with Gasteiger partial charge in [0.2, 0.25) is 0 Å². The zero-order valence-electron chi connectivity index (χ0n) is 12.4. The zero-order valence-corrected chi connectivity index (χ0v) is 12.4. The lowest BCUT2D eigenvalue weighted by Crippen LogP contribution is -2.18. The highest BCUT2D eigenvalue weighted by atomic mass is 16.5. The summed E-state index contributed by atoms with van der Waals surface area (Å²) in [5, 5.41) is 14.5. The molecule has 0 heterocycles. The van der Waals surface area contributed by atoms with Crippen molar-refractivity contribution in [3.05, 3.63) is 28.8 Å². The fraction of sp³-hybridized carbons (Fsp3) is 0.357. The molecule has 0 saturated carbocycles. The third-order valence-electron chi connectivity index (χ3n) is 2.91. The van der Waals surface area contributed by atoms with Crippen LogP contribution in [0.1, 0.15) is 35.3 Å². The number of ether oxygens (including phenoxy) is 2. The van der Waals surface area contributed by atoms with Gasteiger partial charge in [0.25, 0.3) is 0 Å². The second-order valence-electron chi connectivity index (χ2n) is 4.18. The van der Waals surface area contributed by atoms with Gasteiger partial charge in [-0.05, 0) is 32.4 Å². The van der Waals surface area contributed by atoms with E-state index in [1.807, 2.05) is 0 Å². The lowest BCUT2D eigenvalue weighted by Gasteiger charge is -2.15. The molecule has 0 aromatic heterocycles. The van der Waals surface area contributed by atoms with E-state index in [9.17, 15) is 9.59 Å². The van der Waals surface area contributed by atoms with E-state index in [0.717, 1.165) is 0 Å². The maximum Gasteiger partial charge on any atom is 0.411 e. The van der Waals surface area contributed by atoms with Gasteiger partial charge in [-0.3, -0.25) is 5.32 Å². The van der Waals surface area contributed by atoms with Crippen molar-refractivity contribution in [3.8, 4) is 0 Å². The number of esters is 1. The molecule has 0 spiro atoms. The second-order valence-corrected chi connectivity index (χ2v) is 4.18. The Morgan fingerprint density at radius 1 is 1.38 bits per heavy atom. The number of methoxy groups -OCH3 is 1. The first-order valence-corrected chi connectivity index (χ1v) is 6.30. The van der Waals surface area contributed by atoms with Crippen LogP contribution in [0.5, 0.6) is 0 Å². The first-order valence-electron chi connectivity index (χ1n) is 6.30. The lowest BCUT2D eigenvalue weighted by atomic mass is 9.97. The zero-order chi connectivity index (χ0) is 16.0. The Balaban J connectivity index is 3.35. The molecule has 0 fully saturated rings. The number of amides is 1. The van der Waals surface area contributed by atoms with Crippen LogP contribution in [0.3, 0.4) is 0 Å².